The first-order chi connectivity index (χ1) is 11.9. The van der Waals surface area contributed by atoms with Gasteiger partial charge in [-0.15, -0.1) is 0 Å². The van der Waals surface area contributed by atoms with Crippen molar-refractivity contribution >= 4 is 45.4 Å². The molecule has 0 aliphatic rings. The Balaban J connectivity index is 0.000000212. The topological polar surface area (TPSA) is 99.5 Å². The van der Waals surface area contributed by atoms with Crippen molar-refractivity contribution in [2.75, 3.05) is 11.1 Å². The van der Waals surface area contributed by atoms with E-state index in [1.807, 2.05) is 20.3 Å². The minimum absolute atomic E-state index is 0.527. The molecule has 0 aliphatic heterocycles. The molecule has 0 amide bonds. The van der Waals surface area contributed by atoms with E-state index in [9.17, 15) is 0 Å². The van der Waals surface area contributed by atoms with E-state index in [4.69, 9.17) is 5.73 Å². The molecular formula is C16H19BrN8. The lowest BCUT2D eigenvalue weighted by molar-refractivity contribution is 0.764. The van der Waals surface area contributed by atoms with Gasteiger partial charge in [0.05, 0.1) is 15.8 Å². The van der Waals surface area contributed by atoms with Crippen LogP contribution in [0.15, 0.2) is 42.4 Å². The maximum absolute atomic E-state index is 5.50. The van der Waals surface area contributed by atoms with Crippen molar-refractivity contribution in [3.8, 4) is 0 Å². The highest BCUT2D eigenvalue weighted by Crippen LogP contribution is 2.18. The third-order valence-corrected chi connectivity index (χ3v) is 3.41. The molecule has 8 nitrogen and oxygen atoms in total. The summed E-state index contributed by atoms with van der Waals surface area (Å²) in [5, 5.41) is 11.3. The molecule has 3 N–H and O–H groups in total. The predicted octanol–water partition coefficient (Wildman–Crippen LogP) is 3.00. The van der Waals surface area contributed by atoms with E-state index in [2.05, 4.69) is 54.6 Å². The van der Waals surface area contributed by atoms with Crippen LogP contribution in [0.4, 0.5) is 17.3 Å². The lowest BCUT2D eigenvalue weighted by atomic mass is 10.3. The molecular weight excluding hydrogens is 384 g/mol. The predicted molar refractivity (Wildman–Crippen MR) is 104 cm³/mol. The van der Waals surface area contributed by atoms with Crippen molar-refractivity contribution in [1.82, 2.24) is 29.5 Å². The van der Waals surface area contributed by atoms with Crippen LogP contribution in [0.3, 0.4) is 0 Å². The molecule has 0 spiro atoms. The second-order valence-corrected chi connectivity index (χ2v) is 5.92. The van der Waals surface area contributed by atoms with E-state index in [1.165, 1.54) is 0 Å². The van der Waals surface area contributed by atoms with Gasteiger partial charge in [-0.3, -0.25) is 9.36 Å². The lowest BCUT2D eigenvalue weighted by Crippen LogP contribution is -1.96. The summed E-state index contributed by atoms with van der Waals surface area (Å²) in [5.74, 6) is 0.527. The van der Waals surface area contributed by atoms with E-state index < -0.39 is 0 Å². The Bertz CT molecular complexity index is 863. The maximum Gasteiger partial charge on any atom is 0.227 e. The van der Waals surface area contributed by atoms with Gasteiger partial charge in [-0.05, 0) is 28.1 Å². The standard InChI is InChI=1S/C10H10BrN5.C6H9N3/c1-3-8-9(6-16(2)15-8)14-10-12-4-7(11)5-13-10;1-3-6-5(7)4-9(2)8-6/h3-6H,1H2,2H3,(H,12,13,14);3-4H,1,7H2,2H3. The summed E-state index contributed by atoms with van der Waals surface area (Å²) in [6.45, 7) is 7.25. The number of rotatable bonds is 4. The highest BCUT2D eigenvalue weighted by atomic mass is 79.9. The van der Waals surface area contributed by atoms with Crippen molar-refractivity contribution in [1.29, 1.82) is 0 Å². The Kier molecular flexibility index (Phi) is 6.07. The van der Waals surface area contributed by atoms with Crippen LogP contribution < -0.4 is 11.1 Å². The molecule has 25 heavy (non-hydrogen) atoms. The number of nitrogen functional groups attached to an aromatic ring is 1. The van der Waals surface area contributed by atoms with Crippen LogP contribution in [0.25, 0.3) is 12.2 Å². The SMILES string of the molecule is C=Cc1nn(C)cc1N.C=Cc1nn(C)cc1Nc1ncc(Br)cn1. The van der Waals surface area contributed by atoms with E-state index >= 15 is 0 Å². The first-order valence-corrected chi connectivity index (χ1v) is 8.04. The first-order valence-electron chi connectivity index (χ1n) is 7.25. The first kappa shape index (κ1) is 18.4. The number of nitrogens with one attached hydrogen (secondary N) is 1. The molecule has 0 radical (unpaired) electrons. The van der Waals surface area contributed by atoms with Crippen LogP contribution in [0, 0.1) is 0 Å². The van der Waals surface area contributed by atoms with Gasteiger partial charge >= 0.3 is 0 Å². The molecule has 3 rings (SSSR count). The molecule has 3 heterocycles. The van der Waals surface area contributed by atoms with E-state index in [1.54, 1.807) is 40.1 Å². The van der Waals surface area contributed by atoms with Gasteiger partial charge in [0.25, 0.3) is 0 Å². The quantitative estimate of drug-likeness (QED) is 0.695. The highest BCUT2D eigenvalue weighted by Gasteiger charge is 2.05. The van der Waals surface area contributed by atoms with Crippen molar-refractivity contribution in [3.63, 3.8) is 0 Å². The van der Waals surface area contributed by atoms with Gasteiger partial charge in [0.1, 0.15) is 11.4 Å². The molecule has 0 bridgehead atoms. The molecule has 0 aromatic carbocycles. The molecule has 0 saturated carbocycles. The Hall–Kier alpha value is -2.94. The molecule has 0 aliphatic carbocycles. The van der Waals surface area contributed by atoms with E-state index in [0.29, 0.717) is 11.6 Å². The number of aryl methyl sites for hydroxylation is 2. The Labute approximate surface area is 154 Å². The molecule has 0 unspecified atom stereocenters. The van der Waals surface area contributed by atoms with Gasteiger partial charge in [0.15, 0.2) is 0 Å². The van der Waals surface area contributed by atoms with Crippen LogP contribution in [0.1, 0.15) is 11.4 Å². The summed E-state index contributed by atoms with van der Waals surface area (Å²) in [7, 11) is 3.67. The summed E-state index contributed by atoms with van der Waals surface area (Å²) in [6, 6.07) is 0. The van der Waals surface area contributed by atoms with Gasteiger partial charge in [0, 0.05) is 38.9 Å². The molecule has 0 fully saturated rings. The molecule has 130 valence electrons. The van der Waals surface area contributed by atoms with Gasteiger partial charge in [-0.2, -0.15) is 10.2 Å². The van der Waals surface area contributed by atoms with Crippen molar-refractivity contribution in [3.05, 3.63) is 53.8 Å². The summed E-state index contributed by atoms with van der Waals surface area (Å²) in [6.07, 6.45) is 10.3. The highest BCUT2D eigenvalue weighted by molar-refractivity contribution is 9.10. The zero-order chi connectivity index (χ0) is 18.4. The number of hydrogen-bond acceptors (Lipinski definition) is 6. The van der Waals surface area contributed by atoms with Crippen LogP contribution >= 0.6 is 15.9 Å². The largest absolute Gasteiger partial charge is 0.396 e. The summed E-state index contributed by atoms with van der Waals surface area (Å²) < 4.78 is 4.21. The smallest absolute Gasteiger partial charge is 0.227 e. The van der Waals surface area contributed by atoms with Gasteiger partial charge in [-0.1, -0.05) is 13.2 Å². The second kappa shape index (κ2) is 8.25. The minimum Gasteiger partial charge on any atom is -0.396 e. The average molecular weight is 403 g/mol. The molecule has 0 atom stereocenters. The Morgan fingerprint density at radius 1 is 1.04 bits per heavy atom. The number of nitrogens with zero attached hydrogens (tertiary/aromatic N) is 6. The Morgan fingerprint density at radius 2 is 1.60 bits per heavy atom. The fraction of sp³-hybridized carbons (Fsp3) is 0.125. The number of hydrogen-bond donors (Lipinski definition) is 2. The summed E-state index contributed by atoms with van der Waals surface area (Å²) >= 11 is 3.28. The van der Waals surface area contributed by atoms with Crippen LogP contribution in [-0.4, -0.2) is 29.5 Å². The number of aromatic nitrogens is 6. The second-order valence-electron chi connectivity index (χ2n) is 5.00. The zero-order valence-electron chi connectivity index (χ0n) is 14.0. The van der Waals surface area contributed by atoms with Crippen molar-refractivity contribution in [2.24, 2.45) is 14.1 Å². The lowest BCUT2D eigenvalue weighted by Gasteiger charge is -2.01. The van der Waals surface area contributed by atoms with Crippen molar-refractivity contribution in [2.45, 2.75) is 0 Å². The monoisotopic (exact) mass is 402 g/mol. The normalized spacial score (nSPS) is 9.88. The van der Waals surface area contributed by atoms with E-state index in [0.717, 1.165) is 21.5 Å². The van der Waals surface area contributed by atoms with Crippen LogP contribution in [0.2, 0.25) is 0 Å². The summed E-state index contributed by atoms with van der Waals surface area (Å²) in [5.41, 5.74) is 8.52. The van der Waals surface area contributed by atoms with Gasteiger partial charge in [0.2, 0.25) is 5.95 Å². The maximum atomic E-state index is 5.50. The zero-order valence-corrected chi connectivity index (χ0v) is 15.6. The van der Waals surface area contributed by atoms with Crippen LogP contribution in [0.5, 0.6) is 0 Å². The Morgan fingerprint density at radius 3 is 2.08 bits per heavy atom. The average Bonchev–Trinajstić information content (AvgIpc) is 3.11. The third-order valence-electron chi connectivity index (χ3n) is 3.00. The fourth-order valence-electron chi connectivity index (χ4n) is 1.93. The fourth-order valence-corrected chi connectivity index (χ4v) is 2.14. The molecule has 3 aromatic rings. The molecule has 9 heteroatoms. The third kappa shape index (κ3) is 5.01. The number of anilines is 3. The van der Waals surface area contributed by atoms with E-state index in [-0.39, 0.29) is 0 Å². The van der Waals surface area contributed by atoms with Crippen molar-refractivity contribution < 1.29 is 0 Å². The number of halogens is 1. The van der Waals surface area contributed by atoms with Crippen LogP contribution in [-0.2, 0) is 14.1 Å². The number of nitrogens with two attached hydrogens (primary N) is 1. The summed E-state index contributed by atoms with van der Waals surface area (Å²) in [4.78, 5) is 8.24. The molecule has 0 saturated heterocycles. The minimum atomic E-state index is 0.527. The van der Waals surface area contributed by atoms with Gasteiger partial charge < -0.3 is 11.1 Å². The molecule has 3 aromatic heterocycles. The van der Waals surface area contributed by atoms with Gasteiger partial charge in [-0.25, -0.2) is 9.97 Å².